The van der Waals surface area contributed by atoms with Crippen LogP contribution >= 0.6 is 0 Å². The summed E-state index contributed by atoms with van der Waals surface area (Å²) < 4.78 is 5.03. The van der Waals surface area contributed by atoms with E-state index in [1.807, 2.05) is 23.1 Å². The molecule has 0 saturated carbocycles. The molecule has 1 aromatic carbocycles. The lowest BCUT2D eigenvalue weighted by Gasteiger charge is -2.36. The van der Waals surface area contributed by atoms with Crippen molar-refractivity contribution in [3.05, 3.63) is 47.9 Å². The first-order valence-electron chi connectivity index (χ1n) is 8.85. The average molecular weight is 355 g/mol. The van der Waals surface area contributed by atoms with Crippen molar-refractivity contribution < 1.29 is 9.53 Å². The molecule has 2 aromatic rings. The van der Waals surface area contributed by atoms with Crippen LogP contribution in [0.2, 0.25) is 0 Å². The van der Waals surface area contributed by atoms with E-state index in [9.17, 15) is 4.79 Å². The van der Waals surface area contributed by atoms with Gasteiger partial charge in [0.2, 0.25) is 0 Å². The summed E-state index contributed by atoms with van der Waals surface area (Å²) in [5.74, 6) is 1.19. The number of ether oxygens (including phenoxy) is 1. The van der Waals surface area contributed by atoms with Gasteiger partial charge in [0.1, 0.15) is 17.3 Å². The number of para-hydroxylation sites is 1. The van der Waals surface area contributed by atoms with E-state index < -0.39 is 0 Å². The number of hydrogen-bond acceptors (Lipinski definition) is 6. The summed E-state index contributed by atoms with van der Waals surface area (Å²) in [5.41, 5.74) is 1.63. The smallest absolute Gasteiger partial charge is 0.272 e. The van der Waals surface area contributed by atoms with Crippen molar-refractivity contribution in [1.82, 2.24) is 14.9 Å². The van der Waals surface area contributed by atoms with Crippen LogP contribution in [0, 0.1) is 6.92 Å². The van der Waals surface area contributed by atoms with Gasteiger partial charge in [-0.15, -0.1) is 0 Å². The van der Waals surface area contributed by atoms with Gasteiger partial charge < -0.3 is 19.9 Å². The van der Waals surface area contributed by atoms with E-state index in [-0.39, 0.29) is 5.91 Å². The zero-order valence-corrected chi connectivity index (χ0v) is 15.3. The number of benzene rings is 1. The Bertz CT molecular complexity index is 730. The molecular weight excluding hydrogens is 330 g/mol. The lowest BCUT2D eigenvalue weighted by atomic mass is 10.2. The van der Waals surface area contributed by atoms with Crippen molar-refractivity contribution in [3.8, 4) is 0 Å². The van der Waals surface area contributed by atoms with E-state index in [1.54, 1.807) is 20.1 Å². The van der Waals surface area contributed by atoms with Gasteiger partial charge in [0, 0.05) is 51.6 Å². The second-order valence-corrected chi connectivity index (χ2v) is 6.22. The molecule has 1 aliphatic heterocycles. The third-order valence-corrected chi connectivity index (χ3v) is 4.36. The number of hydrogen-bond donors (Lipinski definition) is 1. The number of nitrogens with one attached hydrogen (secondary N) is 1. The van der Waals surface area contributed by atoms with Crippen LogP contribution in [0.25, 0.3) is 0 Å². The Morgan fingerprint density at radius 2 is 1.88 bits per heavy atom. The second kappa shape index (κ2) is 8.62. The molecule has 3 rings (SSSR count). The molecule has 2 heterocycles. The fourth-order valence-electron chi connectivity index (χ4n) is 3.02. The van der Waals surface area contributed by atoms with Gasteiger partial charge in [-0.1, -0.05) is 18.2 Å². The van der Waals surface area contributed by atoms with E-state index in [0.29, 0.717) is 43.6 Å². The molecule has 1 fully saturated rings. The maximum absolute atomic E-state index is 12.8. The molecule has 1 amide bonds. The highest BCUT2D eigenvalue weighted by molar-refractivity contribution is 5.93. The molecule has 26 heavy (non-hydrogen) atoms. The third-order valence-electron chi connectivity index (χ3n) is 4.36. The number of aryl methyl sites for hydroxylation is 1. The van der Waals surface area contributed by atoms with Crippen molar-refractivity contribution in [2.75, 3.05) is 56.7 Å². The number of methoxy groups -OCH3 is 1. The van der Waals surface area contributed by atoms with Crippen molar-refractivity contribution in [3.63, 3.8) is 0 Å². The molecule has 1 N–H and O–H groups in total. The first-order chi connectivity index (χ1) is 12.7. The molecule has 0 radical (unpaired) electrons. The lowest BCUT2D eigenvalue weighted by molar-refractivity contribution is 0.0740. The molecule has 1 aromatic heterocycles. The minimum absolute atomic E-state index is 0.0435. The Hall–Kier alpha value is -2.67. The SMILES string of the molecule is COCCNc1cc(C(=O)N2CCN(c3ccccc3)CC2)nc(C)n1. The van der Waals surface area contributed by atoms with Crippen molar-refractivity contribution in [1.29, 1.82) is 0 Å². The molecule has 0 spiro atoms. The fourth-order valence-corrected chi connectivity index (χ4v) is 3.02. The Labute approximate surface area is 154 Å². The molecule has 0 aliphatic carbocycles. The number of aromatic nitrogens is 2. The monoisotopic (exact) mass is 355 g/mol. The van der Waals surface area contributed by atoms with Gasteiger partial charge >= 0.3 is 0 Å². The number of carbonyl (C=O) groups excluding carboxylic acids is 1. The highest BCUT2D eigenvalue weighted by Crippen LogP contribution is 2.17. The highest BCUT2D eigenvalue weighted by Gasteiger charge is 2.23. The average Bonchev–Trinajstić information content (AvgIpc) is 2.68. The van der Waals surface area contributed by atoms with Crippen molar-refractivity contribution in [2.45, 2.75) is 6.92 Å². The fraction of sp³-hybridized carbons (Fsp3) is 0.421. The summed E-state index contributed by atoms with van der Waals surface area (Å²) in [6, 6.07) is 12.0. The molecule has 7 nitrogen and oxygen atoms in total. The zero-order valence-electron chi connectivity index (χ0n) is 15.3. The Balaban J connectivity index is 1.63. The van der Waals surface area contributed by atoms with E-state index in [1.165, 1.54) is 5.69 Å². The maximum atomic E-state index is 12.8. The number of nitrogens with zero attached hydrogens (tertiary/aromatic N) is 4. The summed E-state index contributed by atoms with van der Waals surface area (Å²) in [4.78, 5) is 25.7. The van der Waals surface area contributed by atoms with Crippen molar-refractivity contribution in [2.24, 2.45) is 0 Å². The predicted octanol–water partition coefficient (Wildman–Crippen LogP) is 1.81. The van der Waals surface area contributed by atoms with Crippen LogP contribution in [0.4, 0.5) is 11.5 Å². The number of rotatable bonds is 6. The largest absolute Gasteiger partial charge is 0.383 e. The number of carbonyl (C=O) groups is 1. The molecule has 0 unspecified atom stereocenters. The number of amides is 1. The summed E-state index contributed by atoms with van der Waals surface area (Å²) in [5, 5.41) is 3.16. The van der Waals surface area contributed by atoms with Gasteiger partial charge in [-0.05, 0) is 19.1 Å². The third kappa shape index (κ3) is 4.49. The predicted molar refractivity (Wildman–Crippen MR) is 102 cm³/mol. The maximum Gasteiger partial charge on any atom is 0.272 e. The summed E-state index contributed by atoms with van der Waals surface area (Å²) in [7, 11) is 1.65. The van der Waals surface area contributed by atoms with Crippen LogP contribution in [0.5, 0.6) is 0 Å². The normalized spacial score (nSPS) is 14.4. The number of piperazine rings is 1. The van der Waals surface area contributed by atoms with Gasteiger partial charge in [-0.3, -0.25) is 4.79 Å². The summed E-state index contributed by atoms with van der Waals surface area (Å²) in [6.45, 7) is 6.01. The molecule has 0 bridgehead atoms. The molecule has 7 heteroatoms. The molecule has 0 atom stereocenters. The first-order valence-corrected chi connectivity index (χ1v) is 8.85. The van der Waals surface area contributed by atoms with E-state index >= 15 is 0 Å². The zero-order chi connectivity index (χ0) is 18.4. The first kappa shape index (κ1) is 18.1. The quantitative estimate of drug-likeness (QED) is 0.797. The second-order valence-electron chi connectivity index (χ2n) is 6.22. The molecule has 1 aliphatic rings. The van der Waals surface area contributed by atoms with Crippen LogP contribution in [0.3, 0.4) is 0 Å². The molecular formula is C19H25N5O2. The number of anilines is 2. The van der Waals surface area contributed by atoms with E-state index in [0.717, 1.165) is 13.1 Å². The van der Waals surface area contributed by atoms with Crippen LogP contribution in [0.1, 0.15) is 16.3 Å². The topological polar surface area (TPSA) is 70.6 Å². The minimum Gasteiger partial charge on any atom is -0.383 e. The van der Waals surface area contributed by atoms with Crippen molar-refractivity contribution >= 4 is 17.4 Å². The molecule has 138 valence electrons. The van der Waals surface area contributed by atoms with Gasteiger partial charge in [-0.2, -0.15) is 0 Å². The van der Waals surface area contributed by atoms with Gasteiger partial charge in [0.25, 0.3) is 5.91 Å². The Kier molecular flexibility index (Phi) is 6.01. The van der Waals surface area contributed by atoms with Crippen LogP contribution in [-0.2, 0) is 4.74 Å². The minimum atomic E-state index is -0.0435. The van der Waals surface area contributed by atoms with E-state index in [2.05, 4.69) is 32.3 Å². The standard InChI is InChI=1S/C19H25N5O2/c1-15-21-17(14-18(22-15)20-8-13-26-2)19(25)24-11-9-23(10-12-24)16-6-4-3-5-7-16/h3-7,14H,8-13H2,1-2H3,(H,20,21,22). The summed E-state index contributed by atoms with van der Waals surface area (Å²) >= 11 is 0. The summed E-state index contributed by atoms with van der Waals surface area (Å²) in [6.07, 6.45) is 0. The molecule has 1 saturated heterocycles. The highest BCUT2D eigenvalue weighted by atomic mass is 16.5. The Morgan fingerprint density at radius 3 is 2.58 bits per heavy atom. The Morgan fingerprint density at radius 1 is 1.15 bits per heavy atom. The van der Waals surface area contributed by atoms with Crippen LogP contribution < -0.4 is 10.2 Å². The van der Waals surface area contributed by atoms with E-state index in [4.69, 9.17) is 4.74 Å². The van der Waals surface area contributed by atoms with Gasteiger partial charge in [0.05, 0.1) is 6.61 Å². The van der Waals surface area contributed by atoms with Gasteiger partial charge in [-0.25, -0.2) is 9.97 Å². The van der Waals surface area contributed by atoms with Crippen LogP contribution in [0.15, 0.2) is 36.4 Å². The van der Waals surface area contributed by atoms with Gasteiger partial charge in [0.15, 0.2) is 0 Å². The lowest BCUT2D eigenvalue weighted by Crippen LogP contribution is -2.49. The van der Waals surface area contributed by atoms with Crippen LogP contribution in [-0.4, -0.2) is 67.2 Å².